The van der Waals surface area contributed by atoms with E-state index in [2.05, 4.69) is 30.9 Å². The molecule has 0 aliphatic rings. The Kier molecular flexibility index (Phi) is 5.19. The summed E-state index contributed by atoms with van der Waals surface area (Å²) in [5.41, 5.74) is 1.51. The molecule has 0 radical (unpaired) electrons. The van der Waals surface area contributed by atoms with Crippen LogP contribution in [0.1, 0.15) is 39.9 Å². The van der Waals surface area contributed by atoms with E-state index in [1.807, 2.05) is 42.9 Å². The molecule has 0 atom stereocenters. The molecule has 4 nitrogen and oxygen atoms in total. The third-order valence-electron chi connectivity index (χ3n) is 3.58. The summed E-state index contributed by atoms with van der Waals surface area (Å²) in [5.74, 6) is 2.34. The first-order valence-corrected chi connectivity index (χ1v) is 7.78. The summed E-state index contributed by atoms with van der Waals surface area (Å²) in [6.45, 7) is 8.50. The zero-order valence-corrected chi connectivity index (χ0v) is 14.4. The van der Waals surface area contributed by atoms with Gasteiger partial charge in [-0.2, -0.15) is 5.10 Å². The Morgan fingerprint density at radius 3 is 2.39 bits per heavy atom. The molecule has 0 saturated heterocycles. The van der Waals surface area contributed by atoms with Gasteiger partial charge in [-0.05, 0) is 36.3 Å². The Labute approximate surface area is 137 Å². The molecule has 23 heavy (non-hydrogen) atoms. The van der Waals surface area contributed by atoms with Gasteiger partial charge in [0.25, 0.3) is 0 Å². The highest BCUT2D eigenvalue weighted by atomic mass is 19.1. The molecule has 1 heterocycles. The van der Waals surface area contributed by atoms with Crippen molar-refractivity contribution >= 4 is 0 Å². The molecule has 124 valence electrons. The number of rotatable bonds is 5. The molecule has 0 spiro atoms. The summed E-state index contributed by atoms with van der Waals surface area (Å²) in [4.78, 5) is 4.63. The fourth-order valence-electron chi connectivity index (χ4n) is 2.25. The molecule has 2 aromatic rings. The summed E-state index contributed by atoms with van der Waals surface area (Å²) in [6.07, 6.45) is 1.25. The summed E-state index contributed by atoms with van der Waals surface area (Å²) in [7, 11) is 1.91. The Morgan fingerprint density at radius 1 is 1.26 bits per heavy atom. The number of halogens is 1. The second-order valence-electron chi connectivity index (χ2n) is 6.57. The van der Waals surface area contributed by atoms with E-state index >= 15 is 0 Å². The van der Waals surface area contributed by atoms with Crippen LogP contribution in [-0.4, -0.2) is 21.4 Å². The Balaban J connectivity index is 2.14. The van der Waals surface area contributed by atoms with Gasteiger partial charge in [0.1, 0.15) is 18.2 Å². The van der Waals surface area contributed by atoms with E-state index in [1.165, 1.54) is 0 Å². The largest absolute Gasteiger partial charge is 0.489 e. The maximum Gasteiger partial charge on any atom is 0.181 e. The lowest BCUT2D eigenvalue weighted by molar-refractivity contribution is 0.345. The van der Waals surface area contributed by atoms with E-state index in [0.29, 0.717) is 29.9 Å². The molecule has 2 rings (SSSR count). The molecule has 1 aromatic heterocycles. The van der Waals surface area contributed by atoms with Crippen molar-refractivity contribution in [3.63, 3.8) is 0 Å². The Morgan fingerprint density at radius 2 is 1.91 bits per heavy atom. The molecular formula is C18H24FN3O. The molecule has 0 fully saturated rings. The van der Waals surface area contributed by atoms with Crippen molar-refractivity contribution in [2.24, 2.45) is 7.05 Å². The normalized spacial score (nSPS) is 12.5. The second-order valence-corrected chi connectivity index (χ2v) is 6.57. The standard InChI is InChI=1S/C18H24FN3O/c1-6-13(11-19)12-23-15-9-7-14(8-10-15)16-20-17(18(2,3)4)22(5)21-16/h7-11H,6,12H2,1-5H3/b13-11+. The SMILES string of the molecule is CC/C(=C\F)COc1ccc(-c2nc(C(C)(C)C)n(C)n2)cc1. The van der Waals surface area contributed by atoms with Crippen molar-refractivity contribution in [2.45, 2.75) is 39.5 Å². The van der Waals surface area contributed by atoms with Crippen molar-refractivity contribution in [1.82, 2.24) is 14.8 Å². The number of aryl methyl sites for hydroxylation is 1. The third kappa shape index (κ3) is 4.18. The monoisotopic (exact) mass is 317 g/mol. The molecule has 1 aromatic carbocycles. The lowest BCUT2D eigenvalue weighted by Gasteiger charge is -2.15. The molecule has 0 N–H and O–H groups in total. The topological polar surface area (TPSA) is 39.9 Å². The first-order valence-electron chi connectivity index (χ1n) is 7.78. The second kappa shape index (κ2) is 6.94. The van der Waals surface area contributed by atoms with E-state index in [0.717, 1.165) is 11.4 Å². The van der Waals surface area contributed by atoms with Gasteiger partial charge >= 0.3 is 0 Å². The van der Waals surface area contributed by atoms with Gasteiger partial charge in [0.2, 0.25) is 0 Å². The maximum absolute atomic E-state index is 12.5. The molecular weight excluding hydrogens is 293 g/mol. The lowest BCUT2D eigenvalue weighted by Crippen LogP contribution is -2.17. The van der Waals surface area contributed by atoms with Crippen LogP contribution in [0.25, 0.3) is 11.4 Å². The minimum atomic E-state index is -0.0572. The Hall–Kier alpha value is -2.17. The maximum atomic E-state index is 12.5. The van der Waals surface area contributed by atoms with E-state index in [9.17, 15) is 4.39 Å². The predicted octanol–water partition coefficient (Wildman–Crippen LogP) is 4.42. The number of nitrogens with zero attached hydrogens (tertiary/aromatic N) is 3. The Bertz CT molecular complexity index is 681. The van der Waals surface area contributed by atoms with E-state index in [1.54, 1.807) is 0 Å². The smallest absolute Gasteiger partial charge is 0.181 e. The van der Waals surface area contributed by atoms with E-state index < -0.39 is 0 Å². The van der Waals surface area contributed by atoms with E-state index in [4.69, 9.17) is 4.74 Å². The van der Waals surface area contributed by atoms with Crippen LogP contribution >= 0.6 is 0 Å². The van der Waals surface area contributed by atoms with Crippen molar-refractivity contribution in [3.05, 3.63) is 42.0 Å². The van der Waals surface area contributed by atoms with Crippen LogP contribution in [0.3, 0.4) is 0 Å². The molecule has 0 unspecified atom stereocenters. The van der Waals surface area contributed by atoms with Crippen molar-refractivity contribution < 1.29 is 9.13 Å². The highest BCUT2D eigenvalue weighted by Gasteiger charge is 2.21. The third-order valence-corrected chi connectivity index (χ3v) is 3.58. The number of hydrogen-bond donors (Lipinski definition) is 0. The average molecular weight is 317 g/mol. The van der Waals surface area contributed by atoms with Crippen LogP contribution in [0.15, 0.2) is 36.2 Å². The number of ether oxygens (including phenoxy) is 1. The predicted molar refractivity (Wildman–Crippen MR) is 90.1 cm³/mol. The quantitative estimate of drug-likeness (QED) is 0.819. The van der Waals surface area contributed by atoms with Crippen LogP contribution in [0.4, 0.5) is 4.39 Å². The average Bonchev–Trinajstić information content (AvgIpc) is 2.91. The van der Waals surface area contributed by atoms with Gasteiger partial charge in [-0.15, -0.1) is 0 Å². The zero-order chi connectivity index (χ0) is 17.0. The first-order chi connectivity index (χ1) is 10.8. The fraction of sp³-hybridized carbons (Fsp3) is 0.444. The van der Waals surface area contributed by atoms with Gasteiger partial charge in [-0.25, -0.2) is 9.37 Å². The van der Waals surface area contributed by atoms with Gasteiger partial charge in [0.05, 0.1) is 6.33 Å². The van der Waals surface area contributed by atoms with Crippen LogP contribution < -0.4 is 4.74 Å². The van der Waals surface area contributed by atoms with Crippen LogP contribution in [0.2, 0.25) is 0 Å². The molecule has 0 saturated carbocycles. The molecule has 0 amide bonds. The molecule has 5 heteroatoms. The number of hydrogen-bond acceptors (Lipinski definition) is 3. The molecule has 0 aliphatic carbocycles. The zero-order valence-electron chi connectivity index (χ0n) is 14.4. The van der Waals surface area contributed by atoms with Crippen LogP contribution in [-0.2, 0) is 12.5 Å². The minimum Gasteiger partial charge on any atom is -0.489 e. The van der Waals surface area contributed by atoms with Crippen molar-refractivity contribution in [3.8, 4) is 17.1 Å². The summed E-state index contributed by atoms with van der Waals surface area (Å²) in [6, 6.07) is 7.55. The van der Waals surface area contributed by atoms with Crippen molar-refractivity contribution in [2.75, 3.05) is 6.61 Å². The van der Waals surface area contributed by atoms with Gasteiger partial charge in [-0.1, -0.05) is 27.7 Å². The highest BCUT2D eigenvalue weighted by Crippen LogP contribution is 2.25. The van der Waals surface area contributed by atoms with Crippen LogP contribution in [0.5, 0.6) is 5.75 Å². The van der Waals surface area contributed by atoms with E-state index in [-0.39, 0.29) is 12.0 Å². The number of benzene rings is 1. The van der Waals surface area contributed by atoms with Crippen LogP contribution in [0, 0.1) is 0 Å². The molecule has 0 bridgehead atoms. The summed E-state index contributed by atoms with van der Waals surface area (Å²) in [5, 5.41) is 4.48. The fourth-order valence-corrected chi connectivity index (χ4v) is 2.25. The van der Waals surface area contributed by atoms with Crippen molar-refractivity contribution in [1.29, 1.82) is 0 Å². The van der Waals surface area contributed by atoms with Gasteiger partial charge < -0.3 is 4.74 Å². The lowest BCUT2D eigenvalue weighted by atomic mass is 9.96. The molecule has 0 aliphatic heterocycles. The first kappa shape index (κ1) is 17.2. The minimum absolute atomic E-state index is 0.0572. The van der Waals surface area contributed by atoms with Gasteiger partial charge in [0.15, 0.2) is 5.82 Å². The van der Waals surface area contributed by atoms with Gasteiger partial charge in [-0.3, -0.25) is 4.68 Å². The number of aromatic nitrogens is 3. The summed E-state index contributed by atoms with van der Waals surface area (Å²) < 4.78 is 19.9. The highest BCUT2D eigenvalue weighted by molar-refractivity contribution is 5.56. The van der Waals surface area contributed by atoms with Gasteiger partial charge in [0, 0.05) is 18.0 Å². The summed E-state index contributed by atoms with van der Waals surface area (Å²) >= 11 is 0.